The van der Waals surface area contributed by atoms with Crippen molar-refractivity contribution >= 4 is 28.8 Å². The normalized spacial score (nSPS) is 10.6. The third-order valence-corrected chi connectivity index (χ3v) is 5.19. The molecule has 1 N–H and O–H groups in total. The molecule has 128 valence electrons. The average Bonchev–Trinajstić information content (AvgIpc) is 2.81. The van der Waals surface area contributed by atoms with Crippen LogP contribution in [-0.4, -0.2) is 30.3 Å². The molecule has 0 saturated heterocycles. The van der Waals surface area contributed by atoms with Gasteiger partial charge in [0.1, 0.15) is 0 Å². The molecule has 0 saturated carbocycles. The second-order valence-electron chi connectivity index (χ2n) is 6.33. The van der Waals surface area contributed by atoms with Crippen LogP contribution in [0.5, 0.6) is 0 Å². The summed E-state index contributed by atoms with van der Waals surface area (Å²) < 4.78 is 0. The number of thiophene rings is 1. The average molecular weight is 344 g/mol. The van der Waals surface area contributed by atoms with E-state index in [9.17, 15) is 9.59 Å². The van der Waals surface area contributed by atoms with Crippen molar-refractivity contribution in [2.75, 3.05) is 18.9 Å². The van der Waals surface area contributed by atoms with Crippen LogP contribution in [0.2, 0.25) is 0 Å². The van der Waals surface area contributed by atoms with E-state index < -0.39 is 0 Å². The first-order chi connectivity index (χ1) is 11.2. The molecule has 0 bridgehead atoms. The van der Waals surface area contributed by atoms with Gasteiger partial charge in [-0.1, -0.05) is 17.7 Å². The van der Waals surface area contributed by atoms with Crippen LogP contribution in [0.4, 0.5) is 5.69 Å². The summed E-state index contributed by atoms with van der Waals surface area (Å²) in [6, 6.07) is 5.95. The molecule has 1 aromatic heterocycles. The Balaban J connectivity index is 2.05. The van der Waals surface area contributed by atoms with Gasteiger partial charge in [0.15, 0.2) is 0 Å². The van der Waals surface area contributed by atoms with Crippen LogP contribution in [-0.2, 0) is 4.79 Å². The predicted molar refractivity (Wildman–Crippen MR) is 100 cm³/mol. The van der Waals surface area contributed by atoms with Crippen LogP contribution >= 0.6 is 11.3 Å². The maximum absolute atomic E-state index is 12.4. The van der Waals surface area contributed by atoms with Crippen LogP contribution < -0.4 is 5.32 Å². The van der Waals surface area contributed by atoms with Crippen LogP contribution in [0, 0.1) is 34.6 Å². The Morgan fingerprint density at radius 1 is 1.00 bits per heavy atom. The lowest BCUT2D eigenvalue weighted by Gasteiger charge is -2.18. The maximum Gasteiger partial charge on any atom is 0.264 e. The summed E-state index contributed by atoms with van der Waals surface area (Å²) in [5.74, 6) is -0.311. The Morgan fingerprint density at radius 2 is 1.58 bits per heavy atom. The molecular weight excluding hydrogens is 320 g/mol. The van der Waals surface area contributed by atoms with Gasteiger partial charge in [-0.2, -0.15) is 0 Å². The number of carbonyl (C=O) groups excluding carboxylic acids is 2. The van der Waals surface area contributed by atoms with Crippen molar-refractivity contribution in [3.05, 3.63) is 50.2 Å². The Labute approximate surface area is 147 Å². The number of carbonyl (C=O) groups is 2. The molecule has 2 amide bonds. The lowest BCUT2D eigenvalue weighted by Crippen LogP contribution is -2.34. The molecule has 0 spiro atoms. The minimum Gasteiger partial charge on any atom is -0.332 e. The summed E-state index contributed by atoms with van der Waals surface area (Å²) in [4.78, 5) is 28.0. The van der Waals surface area contributed by atoms with Gasteiger partial charge in [-0.3, -0.25) is 9.59 Å². The first kappa shape index (κ1) is 18.2. The van der Waals surface area contributed by atoms with E-state index in [4.69, 9.17) is 0 Å². The third kappa shape index (κ3) is 4.03. The number of anilines is 1. The lowest BCUT2D eigenvalue weighted by atomic mass is 10.1. The highest BCUT2D eigenvalue weighted by atomic mass is 32.1. The molecule has 0 fully saturated rings. The van der Waals surface area contributed by atoms with Crippen molar-refractivity contribution in [1.82, 2.24) is 4.90 Å². The maximum atomic E-state index is 12.4. The van der Waals surface area contributed by atoms with Crippen LogP contribution in [0.15, 0.2) is 18.2 Å². The Morgan fingerprint density at radius 3 is 2.08 bits per heavy atom. The first-order valence-corrected chi connectivity index (χ1v) is 8.71. The molecule has 4 nitrogen and oxygen atoms in total. The molecule has 0 aliphatic carbocycles. The smallest absolute Gasteiger partial charge is 0.264 e. The van der Waals surface area contributed by atoms with Gasteiger partial charge >= 0.3 is 0 Å². The minimum atomic E-state index is -0.189. The molecular formula is C19H24N2O2S. The fraction of sp³-hybridized carbons (Fsp3) is 0.368. The van der Waals surface area contributed by atoms with Gasteiger partial charge in [-0.05, 0) is 57.4 Å². The molecule has 24 heavy (non-hydrogen) atoms. The van der Waals surface area contributed by atoms with E-state index in [0.717, 1.165) is 27.3 Å². The topological polar surface area (TPSA) is 49.4 Å². The van der Waals surface area contributed by atoms with Crippen molar-refractivity contribution in [2.24, 2.45) is 0 Å². The highest BCUT2D eigenvalue weighted by Crippen LogP contribution is 2.23. The quantitative estimate of drug-likeness (QED) is 0.911. The van der Waals surface area contributed by atoms with Crippen LogP contribution in [0.3, 0.4) is 0 Å². The summed E-state index contributed by atoms with van der Waals surface area (Å²) >= 11 is 1.47. The number of nitrogens with one attached hydrogen (secondary N) is 1. The molecule has 0 unspecified atom stereocenters. The van der Waals surface area contributed by atoms with Gasteiger partial charge in [0, 0.05) is 17.6 Å². The van der Waals surface area contributed by atoms with E-state index >= 15 is 0 Å². The van der Waals surface area contributed by atoms with E-state index in [2.05, 4.69) is 5.32 Å². The summed E-state index contributed by atoms with van der Waals surface area (Å²) in [5.41, 5.74) is 5.15. The predicted octanol–water partition coefficient (Wildman–Crippen LogP) is 4.00. The van der Waals surface area contributed by atoms with E-state index in [-0.39, 0.29) is 18.4 Å². The van der Waals surface area contributed by atoms with Crippen molar-refractivity contribution in [1.29, 1.82) is 0 Å². The number of hydrogen-bond acceptors (Lipinski definition) is 3. The summed E-state index contributed by atoms with van der Waals surface area (Å²) in [5, 5.41) is 2.93. The Hall–Kier alpha value is -2.14. The molecule has 0 atom stereocenters. The summed E-state index contributed by atoms with van der Waals surface area (Å²) in [6.07, 6.45) is 0. The van der Waals surface area contributed by atoms with E-state index in [0.29, 0.717) is 4.88 Å². The summed E-state index contributed by atoms with van der Waals surface area (Å²) in [7, 11) is 1.65. The first-order valence-electron chi connectivity index (χ1n) is 7.89. The molecule has 0 aliphatic rings. The molecule has 1 aromatic carbocycles. The van der Waals surface area contributed by atoms with Gasteiger partial charge in [0.25, 0.3) is 5.91 Å². The van der Waals surface area contributed by atoms with E-state index in [1.807, 2.05) is 52.8 Å². The standard InChI is InChI=1S/C19H24N2O2S/c1-11-7-13(3)18(14(4)8-11)20-17(22)10-21(6)19(23)16-9-12(2)15(5)24-16/h7-9H,10H2,1-6H3,(H,20,22). The highest BCUT2D eigenvalue weighted by Gasteiger charge is 2.18. The number of rotatable bonds is 4. The van der Waals surface area contributed by atoms with Crippen molar-refractivity contribution < 1.29 is 9.59 Å². The number of hydrogen-bond donors (Lipinski definition) is 1. The van der Waals surface area contributed by atoms with Gasteiger partial charge < -0.3 is 10.2 Å². The zero-order valence-corrected chi connectivity index (χ0v) is 15.9. The number of likely N-dealkylation sites (N-methyl/N-ethyl adjacent to an activating group) is 1. The minimum absolute atomic E-state index is 0.0294. The van der Waals surface area contributed by atoms with Crippen LogP contribution in [0.1, 0.15) is 36.8 Å². The fourth-order valence-electron chi connectivity index (χ4n) is 2.71. The van der Waals surface area contributed by atoms with Crippen molar-refractivity contribution in [3.8, 4) is 0 Å². The zero-order valence-electron chi connectivity index (χ0n) is 15.1. The molecule has 0 radical (unpaired) electrons. The van der Waals surface area contributed by atoms with E-state index in [1.165, 1.54) is 21.8 Å². The summed E-state index contributed by atoms with van der Waals surface area (Å²) in [6.45, 7) is 9.98. The number of aryl methyl sites for hydroxylation is 5. The van der Waals surface area contributed by atoms with Crippen molar-refractivity contribution in [3.63, 3.8) is 0 Å². The zero-order chi connectivity index (χ0) is 18.0. The highest BCUT2D eigenvalue weighted by molar-refractivity contribution is 7.14. The van der Waals surface area contributed by atoms with E-state index in [1.54, 1.807) is 7.05 Å². The second kappa shape index (κ2) is 7.18. The number of nitrogens with zero attached hydrogens (tertiary/aromatic N) is 1. The SMILES string of the molecule is Cc1cc(C)c(NC(=O)CN(C)C(=O)c2cc(C)c(C)s2)c(C)c1. The Bertz CT molecular complexity index is 750. The monoisotopic (exact) mass is 344 g/mol. The largest absolute Gasteiger partial charge is 0.332 e. The van der Waals surface area contributed by atoms with Gasteiger partial charge in [-0.25, -0.2) is 0 Å². The number of amides is 2. The van der Waals surface area contributed by atoms with Gasteiger partial charge in [0.05, 0.1) is 11.4 Å². The second-order valence-corrected chi connectivity index (χ2v) is 7.59. The molecule has 2 rings (SSSR count). The molecule has 2 aromatic rings. The fourth-order valence-corrected chi connectivity index (χ4v) is 3.74. The van der Waals surface area contributed by atoms with Gasteiger partial charge in [0.2, 0.25) is 5.91 Å². The Kier molecular flexibility index (Phi) is 5.44. The molecule has 5 heteroatoms. The molecule has 0 aliphatic heterocycles. The van der Waals surface area contributed by atoms with Crippen molar-refractivity contribution in [2.45, 2.75) is 34.6 Å². The number of benzene rings is 1. The third-order valence-electron chi connectivity index (χ3n) is 4.05. The molecule has 1 heterocycles. The van der Waals surface area contributed by atoms with Gasteiger partial charge in [-0.15, -0.1) is 11.3 Å². The lowest BCUT2D eigenvalue weighted by molar-refractivity contribution is -0.116. The van der Waals surface area contributed by atoms with Crippen LogP contribution in [0.25, 0.3) is 0 Å².